The van der Waals surface area contributed by atoms with Crippen LogP contribution in [0, 0.1) is 0 Å². The van der Waals surface area contributed by atoms with Crippen LogP contribution in [-0.2, 0) is 13.1 Å². The van der Waals surface area contributed by atoms with Crippen LogP contribution in [0.1, 0.15) is 33.0 Å². The summed E-state index contributed by atoms with van der Waals surface area (Å²) in [5.41, 5.74) is 5.61. The van der Waals surface area contributed by atoms with Crippen molar-refractivity contribution >= 4 is 0 Å². The molecule has 0 aliphatic carbocycles. The highest BCUT2D eigenvalue weighted by Crippen LogP contribution is 2.05. The van der Waals surface area contributed by atoms with E-state index in [-0.39, 0.29) is 0 Å². The summed E-state index contributed by atoms with van der Waals surface area (Å²) in [6, 6.07) is 0.482. The highest BCUT2D eigenvalue weighted by Gasteiger charge is 2.12. The first kappa shape index (κ1) is 13.1. The van der Waals surface area contributed by atoms with Crippen LogP contribution in [0.4, 0.5) is 0 Å². The molecule has 2 N–H and O–H groups in total. The molecule has 16 heavy (non-hydrogen) atoms. The van der Waals surface area contributed by atoms with Gasteiger partial charge in [-0.2, -0.15) is 5.10 Å². The largest absolute Gasteiger partial charge is 0.329 e. The van der Waals surface area contributed by atoms with Crippen molar-refractivity contribution in [2.75, 3.05) is 13.1 Å². The summed E-state index contributed by atoms with van der Waals surface area (Å²) in [6.45, 7) is 9.84. The van der Waals surface area contributed by atoms with Gasteiger partial charge in [0.15, 0.2) is 0 Å². The van der Waals surface area contributed by atoms with Gasteiger partial charge in [-0.25, -0.2) is 9.67 Å². The summed E-state index contributed by atoms with van der Waals surface area (Å²) in [5.74, 6) is 1.03. The van der Waals surface area contributed by atoms with Crippen molar-refractivity contribution in [3.8, 4) is 0 Å². The third kappa shape index (κ3) is 3.57. The van der Waals surface area contributed by atoms with Crippen molar-refractivity contribution in [2.24, 2.45) is 5.73 Å². The molecule has 92 valence electrons. The number of aryl methyl sites for hydroxylation is 1. The van der Waals surface area contributed by atoms with Gasteiger partial charge in [0.2, 0.25) is 0 Å². The molecule has 0 unspecified atom stereocenters. The zero-order valence-corrected chi connectivity index (χ0v) is 10.6. The van der Waals surface area contributed by atoms with Crippen LogP contribution in [0.25, 0.3) is 0 Å². The number of rotatable bonds is 7. The van der Waals surface area contributed by atoms with Crippen LogP contribution >= 0.6 is 0 Å². The third-order valence-corrected chi connectivity index (χ3v) is 2.62. The lowest BCUT2D eigenvalue weighted by atomic mass is 10.3. The molecule has 1 rings (SSSR count). The molecule has 0 aromatic carbocycles. The van der Waals surface area contributed by atoms with E-state index < -0.39 is 0 Å². The molecular formula is C11H23N5. The molecule has 0 amide bonds. The Kier molecular flexibility index (Phi) is 5.42. The molecule has 0 aliphatic rings. The van der Waals surface area contributed by atoms with Crippen molar-refractivity contribution in [1.29, 1.82) is 0 Å². The summed E-state index contributed by atoms with van der Waals surface area (Å²) in [6.07, 6.45) is 2.71. The summed E-state index contributed by atoms with van der Waals surface area (Å²) >= 11 is 0. The van der Waals surface area contributed by atoms with Crippen molar-refractivity contribution in [2.45, 2.75) is 46.3 Å². The third-order valence-electron chi connectivity index (χ3n) is 2.62. The fourth-order valence-corrected chi connectivity index (χ4v) is 1.68. The minimum atomic E-state index is 0.482. The fraction of sp³-hybridized carbons (Fsp3) is 0.818. The van der Waals surface area contributed by atoms with Gasteiger partial charge in [0, 0.05) is 25.7 Å². The molecule has 0 aliphatic heterocycles. The average Bonchev–Trinajstić information content (AvgIpc) is 2.65. The number of nitrogens with two attached hydrogens (primary N) is 1. The van der Waals surface area contributed by atoms with E-state index in [1.54, 1.807) is 6.33 Å². The Morgan fingerprint density at radius 1 is 1.50 bits per heavy atom. The Bertz CT molecular complexity index is 294. The summed E-state index contributed by atoms with van der Waals surface area (Å²) < 4.78 is 1.98. The van der Waals surface area contributed by atoms with E-state index in [9.17, 15) is 0 Å². The second-order valence-electron chi connectivity index (χ2n) is 4.25. The lowest BCUT2D eigenvalue weighted by Gasteiger charge is -2.25. The molecule has 1 heterocycles. The monoisotopic (exact) mass is 225 g/mol. The number of hydrogen-bond acceptors (Lipinski definition) is 4. The van der Waals surface area contributed by atoms with E-state index in [4.69, 9.17) is 5.73 Å². The van der Waals surface area contributed by atoms with Gasteiger partial charge >= 0.3 is 0 Å². The van der Waals surface area contributed by atoms with Gasteiger partial charge in [-0.3, -0.25) is 4.90 Å². The molecule has 5 nitrogen and oxygen atoms in total. The molecule has 0 radical (unpaired) electrons. The predicted molar refractivity (Wildman–Crippen MR) is 64.9 cm³/mol. The molecule has 0 bridgehead atoms. The van der Waals surface area contributed by atoms with Crippen molar-refractivity contribution in [3.63, 3.8) is 0 Å². The van der Waals surface area contributed by atoms with Crippen LogP contribution in [0.15, 0.2) is 6.33 Å². The smallest absolute Gasteiger partial charge is 0.141 e. The van der Waals surface area contributed by atoms with E-state index in [2.05, 4.69) is 35.8 Å². The maximum Gasteiger partial charge on any atom is 0.141 e. The van der Waals surface area contributed by atoms with Crippen LogP contribution in [0.2, 0.25) is 0 Å². The summed E-state index contributed by atoms with van der Waals surface area (Å²) in [5, 5.41) is 4.23. The maximum absolute atomic E-state index is 5.61. The van der Waals surface area contributed by atoms with E-state index >= 15 is 0 Å². The number of nitrogens with zero attached hydrogens (tertiary/aromatic N) is 4. The molecule has 5 heteroatoms. The molecule has 1 aromatic rings. The van der Waals surface area contributed by atoms with E-state index in [0.29, 0.717) is 12.6 Å². The highest BCUT2D eigenvalue weighted by atomic mass is 15.3. The molecule has 0 fully saturated rings. The van der Waals surface area contributed by atoms with E-state index in [0.717, 1.165) is 31.9 Å². The topological polar surface area (TPSA) is 60.0 Å². The molecule has 1 aromatic heterocycles. The van der Waals surface area contributed by atoms with Crippen LogP contribution in [0.5, 0.6) is 0 Å². The van der Waals surface area contributed by atoms with Crippen LogP contribution in [-0.4, -0.2) is 38.8 Å². The van der Waals surface area contributed by atoms with Gasteiger partial charge in [-0.15, -0.1) is 0 Å². The average molecular weight is 225 g/mol. The van der Waals surface area contributed by atoms with E-state index in [1.807, 2.05) is 4.68 Å². The quantitative estimate of drug-likeness (QED) is 0.747. The number of aromatic nitrogens is 3. The fourth-order valence-electron chi connectivity index (χ4n) is 1.68. The molecule has 0 saturated heterocycles. The molecule has 0 saturated carbocycles. The lowest BCUT2D eigenvalue weighted by Crippen LogP contribution is -2.35. The molecule has 0 atom stereocenters. The van der Waals surface area contributed by atoms with Gasteiger partial charge in [-0.1, -0.05) is 6.92 Å². The molecule has 0 spiro atoms. The van der Waals surface area contributed by atoms with Gasteiger partial charge in [0.25, 0.3) is 0 Å². The van der Waals surface area contributed by atoms with Crippen LogP contribution in [0.3, 0.4) is 0 Å². The summed E-state index contributed by atoms with van der Waals surface area (Å²) in [4.78, 5) is 6.62. The van der Waals surface area contributed by atoms with Gasteiger partial charge < -0.3 is 5.73 Å². The lowest BCUT2D eigenvalue weighted by molar-refractivity contribution is 0.209. The zero-order chi connectivity index (χ0) is 12.0. The van der Waals surface area contributed by atoms with Gasteiger partial charge in [0.05, 0.1) is 6.54 Å². The number of hydrogen-bond donors (Lipinski definition) is 1. The second kappa shape index (κ2) is 6.60. The van der Waals surface area contributed by atoms with Gasteiger partial charge in [0.1, 0.15) is 12.2 Å². The minimum absolute atomic E-state index is 0.482. The highest BCUT2D eigenvalue weighted by molar-refractivity contribution is 4.85. The maximum atomic E-state index is 5.61. The van der Waals surface area contributed by atoms with Crippen molar-refractivity contribution in [3.05, 3.63) is 12.2 Å². The normalized spacial score (nSPS) is 11.6. The predicted octanol–water partition coefficient (Wildman–Crippen LogP) is 0.857. The minimum Gasteiger partial charge on any atom is -0.329 e. The van der Waals surface area contributed by atoms with Crippen molar-refractivity contribution in [1.82, 2.24) is 19.7 Å². The summed E-state index contributed by atoms with van der Waals surface area (Å²) in [7, 11) is 0. The van der Waals surface area contributed by atoms with E-state index in [1.165, 1.54) is 0 Å². The Hall–Kier alpha value is -0.940. The first-order valence-electron chi connectivity index (χ1n) is 5.99. The standard InChI is InChI=1S/C11H23N5/c1-4-6-16-11(13-9-14-16)8-15(7-5-12)10(2)3/h9-10H,4-8,12H2,1-3H3. The Morgan fingerprint density at radius 3 is 2.81 bits per heavy atom. The van der Waals surface area contributed by atoms with Crippen LogP contribution < -0.4 is 5.73 Å². The first-order valence-corrected chi connectivity index (χ1v) is 5.99. The molecular weight excluding hydrogens is 202 g/mol. The Labute approximate surface area is 97.6 Å². The van der Waals surface area contributed by atoms with Gasteiger partial charge in [-0.05, 0) is 20.3 Å². The Balaban J connectivity index is 2.65. The zero-order valence-electron chi connectivity index (χ0n) is 10.6. The first-order chi connectivity index (χ1) is 7.69. The SMILES string of the molecule is CCCn1ncnc1CN(CCN)C(C)C. The van der Waals surface area contributed by atoms with Crippen molar-refractivity contribution < 1.29 is 0 Å². The Morgan fingerprint density at radius 2 is 2.25 bits per heavy atom. The second-order valence-corrected chi connectivity index (χ2v) is 4.25.